The van der Waals surface area contributed by atoms with E-state index in [1.54, 1.807) is 18.3 Å². The number of aromatic amines is 1. The van der Waals surface area contributed by atoms with Crippen LogP contribution in [-0.2, 0) is 17.6 Å². The highest BCUT2D eigenvalue weighted by atomic mass is 16.3. The second-order valence-electron chi connectivity index (χ2n) is 4.30. The molecule has 19 heavy (non-hydrogen) atoms. The van der Waals surface area contributed by atoms with Crippen LogP contribution in [0.4, 0.5) is 5.82 Å². The molecular formula is C14H17N3O2. The van der Waals surface area contributed by atoms with E-state index in [2.05, 4.69) is 15.5 Å². The summed E-state index contributed by atoms with van der Waals surface area (Å²) in [5, 5.41) is 19.1. The molecule has 2 rings (SSSR count). The molecule has 1 aromatic carbocycles. The molecule has 0 saturated carbocycles. The van der Waals surface area contributed by atoms with Gasteiger partial charge in [0.1, 0.15) is 11.6 Å². The molecule has 0 saturated heterocycles. The van der Waals surface area contributed by atoms with Gasteiger partial charge >= 0.3 is 0 Å². The molecule has 0 radical (unpaired) electrons. The maximum absolute atomic E-state index is 11.8. The summed E-state index contributed by atoms with van der Waals surface area (Å²) >= 11 is 0. The Morgan fingerprint density at radius 3 is 2.89 bits per heavy atom. The number of hydrogen-bond donors (Lipinski definition) is 3. The van der Waals surface area contributed by atoms with Gasteiger partial charge < -0.3 is 10.4 Å². The van der Waals surface area contributed by atoms with Crippen molar-refractivity contribution in [2.24, 2.45) is 0 Å². The summed E-state index contributed by atoms with van der Waals surface area (Å²) in [5.74, 6) is 0.790. The molecule has 0 fully saturated rings. The Balaban J connectivity index is 1.90. The van der Waals surface area contributed by atoms with Crippen LogP contribution in [0.25, 0.3) is 0 Å². The Labute approximate surface area is 111 Å². The van der Waals surface area contributed by atoms with E-state index in [0.29, 0.717) is 18.7 Å². The number of amides is 1. The van der Waals surface area contributed by atoms with Crippen molar-refractivity contribution in [1.29, 1.82) is 0 Å². The standard InChI is InChI=1S/C14H17N3O2/c1-2-10-9-15-17-14(10)16-13(19)8-7-11-5-3-4-6-12(11)18/h3-6,9,18H,2,7-8H2,1H3,(H2,15,16,17,19). The molecule has 100 valence electrons. The number of H-pyrrole nitrogens is 1. The molecule has 0 spiro atoms. The Bertz CT molecular complexity index is 563. The molecule has 5 heteroatoms. The first kappa shape index (κ1) is 13.1. The third-order valence-corrected chi connectivity index (χ3v) is 2.98. The monoisotopic (exact) mass is 259 g/mol. The highest BCUT2D eigenvalue weighted by molar-refractivity contribution is 5.90. The molecule has 3 N–H and O–H groups in total. The Morgan fingerprint density at radius 1 is 1.37 bits per heavy atom. The van der Waals surface area contributed by atoms with Crippen LogP contribution in [-0.4, -0.2) is 21.2 Å². The number of hydrogen-bond acceptors (Lipinski definition) is 3. The predicted molar refractivity (Wildman–Crippen MR) is 73.0 cm³/mol. The quantitative estimate of drug-likeness (QED) is 0.770. The number of anilines is 1. The van der Waals surface area contributed by atoms with Crippen LogP contribution in [0.5, 0.6) is 5.75 Å². The van der Waals surface area contributed by atoms with Crippen molar-refractivity contribution in [3.05, 3.63) is 41.6 Å². The first-order chi connectivity index (χ1) is 9.20. The number of carbonyl (C=O) groups excluding carboxylic acids is 1. The minimum atomic E-state index is -0.0952. The van der Waals surface area contributed by atoms with Gasteiger partial charge in [-0.05, 0) is 24.5 Å². The normalized spacial score (nSPS) is 10.4. The smallest absolute Gasteiger partial charge is 0.225 e. The largest absolute Gasteiger partial charge is 0.508 e. The summed E-state index contributed by atoms with van der Waals surface area (Å²) in [5.41, 5.74) is 1.76. The fourth-order valence-electron chi connectivity index (χ4n) is 1.86. The van der Waals surface area contributed by atoms with Crippen LogP contribution in [0.3, 0.4) is 0 Å². The van der Waals surface area contributed by atoms with Gasteiger partial charge in [-0.1, -0.05) is 25.1 Å². The molecule has 0 bridgehead atoms. The zero-order valence-electron chi connectivity index (χ0n) is 10.8. The first-order valence-corrected chi connectivity index (χ1v) is 6.29. The Morgan fingerprint density at radius 2 is 2.16 bits per heavy atom. The zero-order valence-corrected chi connectivity index (χ0v) is 10.8. The average molecular weight is 259 g/mol. The van der Waals surface area contributed by atoms with E-state index in [1.807, 2.05) is 19.1 Å². The van der Waals surface area contributed by atoms with Crippen LogP contribution >= 0.6 is 0 Å². The summed E-state index contributed by atoms with van der Waals surface area (Å²) in [6.45, 7) is 2.00. The van der Waals surface area contributed by atoms with Crippen molar-refractivity contribution >= 4 is 11.7 Å². The molecule has 2 aromatic rings. The molecule has 0 aliphatic rings. The average Bonchev–Trinajstić information content (AvgIpc) is 2.85. The van der Waals surface area contributed by atoms with Gasteiger partial charge in [0.05, 0.1) is 6.20 Å². The third-order valence-electron chi connectivity index (χ3n) is 2.98. The minimum Gasteiger partial charge on any atom is -0.508 e. The summed E-state index contributed by atoms with van der Waals surface area (Å²) in [4.78, 5) is 11.8. The number of aromatic nitrogens is 2. The van der Waals surface area contributed by atoms with Gasteiger partial charge in [0.2, 0.25) is 5.91 Å². The van der Waals surface area contributed by atoms with Gasteiger partial charge in [0.15, 0.2) is 0 Å². The van der Waals surface area contributed by atoms with Gasteiger partial charge in [-0.15, -0.1) is 0 Å². The Hall–Kier alpha value is -2.30. The number of phenols is 1. The molecule has 1 aromatic heterocycles. The lowest BCUT2D eigenvalue weighted by molar-refractivity contribution is -0.116. The fourth-order valence-corrected chi connectivity index (χ4v) is 1.86. The van der Waals surface area contributed by atoms with E-state index in [9.17, 15) is 9.90 Å². The van der Waals surface area contributed by atoms with Crippen LogP contribution in [0.1, 0.15) is 24.5 Å². The molecule has 0 unspecified atom stereocenters. The number of phenolic OH excluding ortho intramolecular Hbond substituents is 1. The highest BCUT2D eigenvalue weighted by Crippen LogP contribution is 2.18. The van der Waals surface area contributed by atoms with E-state index in [-0.39, 0.29) is 11.7 Å². The van der Waals surface area contributed by atoms with Crippen molar-refractivity contribution < 1.29 is 9.90 Å². The number of aryl methyl sites for hydroxylation is 2. The number of carbonyl (C=O) groups is 1. The number of nitrogens with one attached hydrogen (secondary N) is 2. The number of aromatic hydroxyl groups is 1. The SMILES string of the molecule is CCc1cn[nH]c1NC(=O)CCc1ccccc1O. The van der Waals surface area contributed by atoms with E-state index in [1.165, 1.54) is 0 Å². The molecule has 1 amide bonds. The van der Waals surface area contributed by atoms with Crippen molar-refractivity contribution in [2.75, 3.05) is 5.32 Å². The summed E-state index contributed by atoms with van der Waals surface area (Å²) < 4.78 is 0. The predicted octanol–water partition coefficient (Wildman–Crippen LogP) is 2.25. The maximum Gasteiger partial charge on any atom is 0.225 e. The van der Waals surface area contributed by atoms with Crippen molar-refractivity contribution in [2.45, 2.75) is 26.2 Å². The van der Waals surface area contributed by atoms with Crippen LogP contribution < -0.4 is 5.32 Å². The molecule has 0 aliphatic heterocycles. The molecule has 1 heterocycles. The molecule has 0 atom stereocenters. The number of rotatable bonds is 5. The van der Waals surface area contributed by atoms with E-state index >= 15 is 0 Å². The maximum atomic E-state index is 11.8. The van der Waals surface area contributed by atoms with Gasteiger partial charge in [-0.25, -0.2) is 0 Å². The summed E-state index contributed by atoms with van der Waals surface area (Å²) in [6.07, 6.45) is 3.35. The van der Waals surface area contributed by atoms with Gasteiger partial charge in [-0.2, -0.15) is 5.10 Å². The third kappa shape index (κ3) is 3.34. The zero-order chi connectivity index (χ0) is 13.7. The molecule has 0 aliphatic carbocycles. The number of nitrogens with zero attached hydrogens (tertiary/aromatic N) is 1. The first-order valence-electron chi connectivity index (χ1n) is 6.29. The fraction of sp³-hybridized carbons (Fsp3) is 0.286. The van der Waals surface area contributed by atoms with Gasteiger partial charge in [-0.3, -0.25) is 9.89 Å². The van der Waals surface area contributed by atoms with Gasteiger partial charge in [0.25, 0.3) is 0 Å². The van der Waals surface area contributed by atoms with Crippen molar-refractivity contribution in [3.8, 4) is 5.75 Å². The lowest BCUT2D eigenvalue weighted by atomic mass is 10.1. The summed E-state index contributed by atoms with van der Waals surface area (Å²) in [7, 11) is 0. The second-order valence-corrected chi connectivity index (χ2v) is 4.30. The van der Waals surface area contributed by atoms with Crippen LogP contribution in [0.15, 0.2) is 30.5 Å². The molecular weight excluding hydrogens is 242 g/mol. The molecule has 5 nitrogen and oxygen atoms in total. The van der Waals surface area contributed by atoms with Gasteiger partial charge in [0, 0.05) is 12.0 Å². The topological polar surface area (TPSA) is 78.0 Å². The Kier molecular flexibility index (Phi) is 4.18. The lowest BCUT2D eigenvalue weighted by Gasteiger charge is -2.06. The van der Waals surface area contributed by atoms with E-state index < -0.39 is 0 Å². The highest BCUT2D eigenvalue weighted by Gasteiger charge is 2.09. The number of para-hydroxylation sites is 1. The minimum absolute atomic E-state index is 0.0952. The van der Waals surface area contributed by atoms with E-state index in [0.717, 1.165) is 17.5 Å². The van der Waals surface area contributed by atoms with Crippen LogP contribution in [0.2, 0.25) is 0 Å². The van der Waals surface area contributed by atoms with E-state index in [4.69, 9.17) is 0 Å². The summed E-state index contributed by atoms with van der Waals surface area (Å²) in [6, 6.07) is 7.04. The number of benzene rings is 1. The van der Waals surface area contributed by atoms with Crippen molar-refractivity contribution in [1.82, 2.24) is 10.2 Å². The second kappa shape index (κ2) is 6.04. The lowest BCUT2D eigenvalue weighted by Crippen LogP contribution is -2.13. The van der Waals surface area contributed by atoms with Crippen molar-refractivity contribution in [3.63, 3.8) is 0 Å². The van der Waals surface area contributed by atoms with Crippen LogP contribution in [0, 0.1) is 0 Å².